The first kappa shape index (κ1) is 13.1. The minimum Gasteiger partial charge on any atom is -0.384 e. The first-order valence-electron chi connectivity index (χ1n) is 6.15. The van der Waals surface area contributed by atoms with Gasteiger partial charge in [0.05, 0.1) is 6.61 Å². The van der Waals surface area contributed by atoms with Crippen molar-refractivity contribution in [3.8, 4) is 0 Å². The van der Waals surface area contributed by atoms with Crippen molar-refractivity contribution in [3.05, 3.63) is 51.7 Å². The van der Waals surface area contributed by atoms with Gasteiger partial charge in [-0.2, -0.15) is 0 Å². The Morgan fingerprint density at radius 1 is 1.22 bits per heavy atom. The molecule has 1 aromatic carbocycles. The first-order valence-corrected chi connectivity index (χ1v) is 7.03. The number of rotatable bonds is 6. The zero-order valence-electron chi connectivity index (χ0n) is 10.9. The second-order valence-electron chi connectivity index (χ2n) is 4.28. The second kappa shape index (κ2) is 6.57. The summed E-state index contributed by atoms with van der Waals surface area (Å²) < 4.78 is 5.14. The van der Waals surface area contributed by atoms with Gasteiger partial charge in [-0.3, -0.25) is 0 Å². The average molecular weight is 261 g/mol. The quantitative estimate of drug-likeness (QED) is 0.852. The molecule has 1 aromatic heterocycles. The van der Waals surface area contributed by atoms with E-state index in [0.717, 1.165) is 19.6 Å². The number of thiophene rings is 1. The van der Waals surface area contributed by atoms with Crippen molar-refractivity contribution in [1.29, 1.82) is 0 Å². The van der Waals surface area contributed by atoms with E-state index in [1.54, 1.807) is 18.4 Å². The van der Waals surface area contributed by atoms with Crippen molar-refractivity contribution >= 4 is 17.0 Å². The second-order valence-corrected chi connectivity index (χ2v) is 5.28. The molecule has 0 saturated carbocycles. The third-order valence-electron chi connectivity index (χ3n) is 3.00. The number of hydrogen-bond acceptors (Lipinski definition) is 3. The van der Waals surface area contributed by atoms with Gasteiger partial charge in [-0.05, 0) is 42.0 Å². The molecule has 0 spiro atoms. The standard InChI is InChI=1S/C15H19NOS/c1-12-8-10-18-15(12)11-16-14-6-4-3-5-13(14)7-9-17-2/h3-6,8,10,16H,7,9,11H2,1-2H3. The van der Waals surface area contributed by atoms with Crippen molar-refractivity contribution in [2.75, 3.05) is 19.0 Å². The summed E-state index contributed by atoms with van der Waals surface area (Å²) in [5, 5.41) is 5.66. The molecule has 96 valence electrons. The summed E-state index contributed by atoms with van der Waals surface area (Å²) in [6, 6.07) is 10.6. The van der Waals surface area contributed by atoms with Crippen LogP contribution in [0.1, 0.15) is 16.0 Å². The molecule has 3 heteroatoms. The van der Waals surface area contributed by atoms with Gasteiger partial charge in [-0.15, -0.1) is 11.3 Å². The topological polar surface area (TPSA) is 21.3 Å². The average Bonchev–Trinajstić information content (AvgIpc) is 2.80. The number of benzene rings is 1. The van der Waals surface area contributed by atoms with Crippen LogP contribution in [0.3, 0.4) is 0 Å². The third kappa shape index (κ3) is 3.34. The fourth-order valence-electron chi connectivity index (χ4n) is 1.88. The molecule has 0 aliphatic heterocycles. The molecule has 2 rings (SSSR count). The highest BCUT2D eigenvalue weighted by Crippen LogP contribution is 2.20. The van der Waals surface area contributed by atoms with E-state index in [9.17, 15) is 0 Å². The minimum absolute atomic E-state index is 0.761. The van der Waals surface area contributed by atoms with Crippen LogP contribution in [0.25, 0.3) is 0 Å². The molecule has 0 aliphatic rings. The molecule has 18 heavy (non-hydrogen) atoms. The summed E-state index contributed by atoms with van der Waals surface area (Å²) in [5.41, 5.74) is 3.89. The summed E-state index contributed by atoms with van der Waals surface area (Å²) in [5.74, 6) is 0. The van der Waals surface area contributed by atoms with Gasteiger partial charge in [0.2, 0.25) is 0 Å². The SMILES string of the molecule is COCCc1ccccc1NCc1sccc1C. The summed E-state index contributed by atoms with van der Waals surface area (Å²) in [7, 11) is 1.74. The van der Waals surface area contributed by atoms with Crippen LogP contribution in [0.5, 0.6) is 0 Å². The van der Waals surface area contributed by atoms with Crippen molar-refractivity contribution in [1.82, 2.24) is 0 Å². The maximum atomic E-state index is 5.14. The van der Waals surface area contributed by atoms with Gasteiger partial charge in [-0.1, -0.05) is 18.2 Å². The van der Waals surface area contributed by atoms with Crippen LogP contribution < -0.4 is 5.32 Å². The molecule has 0 atom stereocenters. The number of aryl methyl sites for hydroxylation is 1. The van der Waals surface area contributed by atoms with Crippen LogP contribution in [0.2, 0.25) is 0 Å². The summed E-state index contributed by atoms with van der Waals surface area (Å²) in [4.78, 5) is 1.40. The van der Waals surface area contributed by atoms with Crippen molar-refractivity contribution in [3.63, 3.8) is 0 Å². The number of hydrogen-bond donors (Lipinski definition) is 1. The molecule has 2 aromatic rings. The molecule has 2 nitrogen and oxygen atoms in total. The van der Waals surface area contributed by atoms with Crippen LogP contribution in [-0.4, -0.2) is 13.7 Å². The Labute approximate surface area is 113 Å². The number of anilines is 1. The molecule has 0 radical (unpaired) electrons. The highest BCUT2D eigenvalue weighted by Gasteiger charge is 2.03. The lowest BCUT2D eigenvalue weighted by Crippen LogP contribution is -2.04. The van der Waals surface area contributed by atoms with Gasteiger partial charge in [0, 0.05) is 24.2 Å². The molecule has 0 aliphatic carbocycles. The smallest absolute Gasteiger partial charge is 0.0503 e. The maximum Gasteiger partial charge on any atom is 0.0503 e. The Balaban J connectivity index is 2.02. The molecular weight excluding hydrogens is 242 g/mol. The van der Waals surface area contributed by atoms with E-state index in [1.807, 2.05) is 0 Å². The highest BCUT2D eigenvalue weighted by molar-refractivity contribution is 7.10. The highest BCUT2D eigenvalue weighted by atomic mass is 32.1. The van der Waals surface area contributed by atoms with Gasteiger partial charge >= 0.3 is 0 Å². The molecule has 1 heterocycles. The van der Waals surface area contributed by atoms with Gasteiger partial charge in [0.25, 0.3) is 0 Å². The molecule has 0 saturated heterocycles. The van der Waals surface area contributed by atoms with E-state index in [4.69, 9.17) is 4.74 Å². The molecule has 0 fully saturated rings. The number of para-hydroxylation sites is 1. The molecule has 1 N–H and O–H groups in total. The molecule has 0 bridgehead atoms. The van der Waals surface area contributed by atoms with Gasteiger partial charge in [0.1, 0.15) is 0 Å². The first-order chi connectivity index (χ1) is 8.81. The van der Waals surface area contributed by atoms with Crippen molar-refractivity contribution in [2.45, 2.75) is 19.9 Å². The van der Waals surface area contributed by atoms with E-state index in [2.05, 4.69) is 48.0 Å². The van der Waals surface area contributed by atoms with Crippen LogP contribution in [-0.2, 0) is 17.7 Å². The third-order valence-corrected chi connectivity index (χ3v) is 4.02. The van der Waals surface area contributed by atoms with Crippen molar-refractivity contribution < 1.29 is 4.74 Å². The lowest BCUT2D eigenvalue weighted by molar-refractivity contribution is 0.202. The van der Waals surface area contributed by atoms with Crippen LogP contribution in [0.4, 0.5) is 5.69 Å². The fourth-order valence-corrected chi connectivity index (χ4v) is 2.73. The maximum absolute atomic E-state index is 5.14. The monoisotopic (exact) mass is 261 g/mol. The van der Waals surface area contributed by atoms with Gasteiger partial charge in [0.15, 0.2) is 0 Å². The van der Waals surface area contributed by atoms with E-state index in [-0.39, 0.29) is 0 Å². The lowest BCUT2D eigenvalue weighted by Gasteiger charge is -2.11. The minimum atomic E-state index is 0.761. The number of nitrogens with one attached hydrogen (secondary N) is 1. The zero-order valence-corrected chi connectivity index (χ0v) is 11.7. The number of methoxy groups -OCH3 is 1. The van der Waals surface area contributed by atoms with E-state index in [0.29, 0.717) is 0 Å². The van der Waals surface area contributed by atoms with Crippen LogP contribution in [0.15, 0.2) is 35.7 Å². The largest absolute Gasteiger partial charge is 0.384 e. The summed E-state index contributed by atoms with van der Waals surface area (Å²) >= 11 is 1.81. The van der Waals surface area contributed by atoms with Crippen LogP contribution in [0, 0.1) is 6.92 Å². The zero-order chi connectivity index (χ0) is 12.8. The number of ether oxygens (including phenoxy) is 1. The molecular formula is C15H19NOS. The van der Waals surface area contributed by atoms with Crippen LogP contribution >= 0.6 is 11.3 Å². The lowest BCUT2D eigenvalue weighted by atomic mass is 10.1. The fraction of sp³-hybridized carbons (Fsp3) is 0.333. The van der Waals surface area contributed by atoms with E-state index >= 15 is 0 Å². The van der Waals surface area contributed by atoms with Gasteiger partial charge in [-0.25, -0.2) is 0 Å². The Kier molecular flexibility index (Phi) is 4.79. The van der Waals surface area contributed by atoms with E-state index in [1.165, 1.54) is 21.7 Å². The summed E-state index contributed by atoms with van der Waals surface area (Å²) in [6.45, 7) is 3.81. The van der Waals surface area contributed by atoms with E-state index < -0.39 is 0 Å². The summed E-state index contributed by atoms with van der Waals surface area (Å²) in [6.07, 6.45) is 0.948. The van der Waals surface area contributed by atoms with Crippen molar-refractivity contribution in [2.24, 2.45) is 0 Å². The Morgan fingerprint density at radius 2 is 2.06 bits per heavy atom. The predicted molar refractivity (Wildman–Crippen MR) is 78.4 cm³/mol. The normalized spacial score (nSPS) is 10.6. The van der Waals surface area contributed by atoms with Gasteiger partial charge < -0.3 is 10.1 Å². The predicted octanol–water partition coefficient (Wildman–Crippen LogP) is 3.86. The molecule has 0 amide bonds. The molecule has 0 unspecified atom stereocenters. The Bertz CT molecular complexity index is 493. The Hall–Kier alpha value is -1.32. The Morgan fingerprint density at radius 3 is 2.78 bits per heavy atom.